The second kappa shape index (κ2) is 4.14. The number of amides is 1. The van der Waals surface area contributed by atoms with Crippen molar-refractivity contribution in [2.45, 2.75) is 19.9 Å². The zero-order valence-electron chi connectivity index (χ0n) is 5.89. The van der Waals surface area contributed by atoms with E-state index in [1.54, 1.807) is 0 Å². The van der Waals surface area contributed by atoms with Crippen LogP contribution in [0.1, 0.15) is 13.8 Å². The van der Waals surface area contributed by atoms with Crippen LogP contribution >= 0.6 is 0 Å². The van der Waals surface area contributed by atoms with Crippen molar-refractivity contribution in [1.82, 2.24) is 10.8 Å². The van der Waals surface area contributed by atoms with Crippen molar-refractivity contribution in [1.29, 1.82) is 0 Å². The van der Waals surface area contributed by atoms with Gasteiger partial charge in [-0.1, -0.05) is 0 Å². The van der Waals surface area contributed by atoms with Crippen LogP contribution in [0.5, 0.6) is 0 Å². The van der Waals surface area contributed by atoms with Gasteiger partial charge >= 0.3 is 6.09 Å². The highest BCUT2D eigenvalue weighted by atomic mass is 16.7. The van der Waals surface area contributed by atoms with Crippen LogP contribution in [-0.4, -0.2) is 19.2 Å². The van der Waals surface area contributed by atoms with Gasteiger partial charge in [0.25, 0.3) is 0 Å². The molecule has 0 fully saturated rings. The first-order chi connectivity index (χ1) is 4.16. The van der Waals surface area contributed by atoms with Gasteiger partial charge in [0.2, 0.25) is 0 Å². The molecule has 4 heteroatoms. The lowest BCUT2D eigenvalue weighted by molar-refractivity contribution is 0.100. The van der Waals surface area contributed by atoms with E-state index in [2.05, 4.69) is 15.6 Å². The number of carbonyl (C=O) groups is 1. The summed E-state index contributed by atoms with van der Waals surface area (Å²) in [5, 5.41) is 2.52. The van der Waals surface area contributed by atoms with Crippen LogP contribution in [0.2, 0.25) is 0 Å². The average molecular weight is 132 g/mol. The minimum absolute atomic E-state index is 0.117. The molecule has 54 valence electrons. The molecular weight excluding hydrogens is 120 g/mol. The molecule has 1 amide bonds. The topological polar surface area (TPSA) is 50.4 Å². The molecule has 0 atom stereocenters. The monoisotopic (exact) mass is 132 g/mol. The predicted molar refractivity (Wildman–Crippen MR) is 33.8 cm³/mol. The van der Waals surface area contributed by atoms with Crippen molar-refractivity contribution < 1.29 is 9.63 Å². The second-order valence-electron chi connectivity index (χ2n) is 1.89. The van der Waals surface area contributed by atoms with Crippen LogP contribution in [0.3, 0.4) is 0 Å². The largest absolute Gasteiger partial charge is 0.426 e. The number of hydroxylamine groups is 1. The van der Waals surface area contributed by atoms with Crippen LogP contribution in [0.4, 0.5) is 4.79 Å². The molecule has 0 heterocycles. The van der Waals surface area contributed by atoms with Crippen molar-refractivity contribution in [3.8, 4) is 0 Å². The molecular formula is C5H12N2O2. The second-order valence-corrected chi connectivity index (χ2v) is 1.89. The highest BCUT2D eigenvalue weighted by Gasteiger charge is 2.00. The fourth-order valence-corrected chi connectivity index (χ4v) is 0.358. The summed E-state index contributed by atoms with van der Waals surface area (Å²) in [5.41, 5.74) is 2.26. The first kappa shape index (κ1) is 8.23. The Kier molecular flexibility index (Phi) is 3.79. The molecule has 0 saturated carbocycles. The third-order valence-corrected chi connectivity index (χ3v) is 0.601. The Balaban J connectivity index is 3.27. The minimum Gasteiger partial charge on any atom is -0.354 e. The standard InChI is InChI=1S/C5H12N2O2/c1-4(2)7-5(8)9-6-3/h4,6H,1-3H3,(H,7,8). The summed E-state index contributed by atoms with van der Waals surface area (Å²) in [7, 11) is 1.53. The van der Waals surface area contributed by atoms with Gasteiger partial charge < -0.3 is 10.2 Å². The fourth-order valence-electron chi connectivity index (χ4n) is 0.358. The van der Waals surface area contributed by atoms with E-state index in [1.807, 2.05) is 13.8 Å². The summed E-state index contributed by atoms with van der Waals surface area (Å²) in [4.78, 5) is 14.8. The smallest absolute Gasteiger partial charge is 0.354 e. The van der Waals surface area contributed by atoms with E-state index in [4.69, 9.17) is 0 Å². The van der Waals surface area contributed by atoms with Crippen molar-refractivity contribution >= 4 is 6.09 Å². The highest BCUT2D eigenvalue weighted by Crippen LogP contribution is 1.77. The van der Waals surface area contributed by atoms with Crippen molar-refractivity contribution in [3.05, 3.63) is 0 Å². The molecule has 0 unspecified atom stereocenters. The molecule has 0 bridgehead atoms. The number of hydrogen-bond donors (Lipinski definition) is 2. The summed E-state index contributed by atoms with van der Waals surface area (Å²) in [5.74, 6) is 0. The van der Waals surface area contributed by atoms with E-state index < -0.39 is 6.09 Å². The van der Waals surface area contributed by atoms with Crippen molar-refractivity contribution in [2.75, 3.05) is 7.05 Å². The van der Waals surface area contributed by atoms with E-state index in [-0.39, 0.29) is 6.04 Å². The quantitative estimate of drug-likeness (QED) is 0.530. The normalized spacial score (nSPS) is 9.33. The number of carbonyl (C=O) groups excluding carboxylic acids is 1. The van der Waals surface area contributed by atoms with Gasteiger partial charge in [-0.25, -0.2) is 4.79 Å². The van der Waals surface area contributed by atoms with E-state index in [1.165, 1.54) is 7.05 Å². The molecule has 0 aromatic carbocycles. The van der Waals surface area contributed by atoms with E-state index in [0.717, 1.165) is 0 Å². The number of nitrogens with one attached hydrogen (secondary N) is 2. The molecule has 0 spiro atoms. The zero-order chi connectivity index (χ0) is 7.28. The lowest BCUT2D eigenvalue weighted by Crippen LogP contribution is -2.33. The maximum absolute atomic E-state index is 10.5. The van der Waals surface area contributed by atoms with Crippen LogP contribution in [0.15, 0.2) is 0 Å². The van der Waals surface area contributed by atoms with Crippen LogP contribution in [0.25, 0.3) is 0 Å². The Morgan fingerprint density at radius 2 is 2.11 bits per heavy atom. The summed E-state index contributed by atoms with van der Waals surface area (Å²) in [6, 6.07) is 0.117. The minimum atomic E-state index is -0.451. The Labute approximate surface area is 54.5 Å². The van der Waals surface area contributed by atoms with E-state index in [9.17, 15) is 4.79 Å². The van der Waals surface area contributed by atoms with Gasteiger partial charge in [-0.05, 0) is 13.8 Å². The molecule has 0 radical (unpaired) electrons. The Hall–Kier alpha value is -0.770. The summed E-state index contributed by atoms with van der Waals surface area (Å²) in [6.45, 7) is 3.72. The first-order valence-corrected chi connectivity index (χ1v) is 2.81. The molecule has 0 aliphatic heterocycles. The number of hydrogen-bond acceptors (Lipinski definition) is 3. The first-order valence-electron chi connectivity index (χ1n) is 2.81. The Morgan fingerprint density at radius 1 is 1.56 bits per heavy atom. The summed E-state index contributed by atoms with van der Waals surface area (Å²) in [6.07, 6.45) is -0.451. The molecule has 0 saturated heterocycles. The van der Waals surface area contributed by atoms with Gasteiger partial charge in [0, 0.05) is 13.1 Å². The summed E-state index contributed by atoms with van der Waals surface area (Å²) < 4.78 is 0. The Morgan fingerprint density at radius 3 is 2.44 bits per heavy atom. The van der Waals surface area contributed by atoms with Crippen molar-refractivity contribution in [2.24, 2.45) is 0 Å². The fraction of sp³-hybridized carbons (Fsp3) is 0.800. The molecule has 0 aliphatic rings. The molecule has 0 aromatic heterocycles. The predicted octanol–water partition coefficient (Wildman–Crippen LogP) is 0.255. The molecule has 0 rings (SSSR count). The van der Waals surface area contributed by atoms with Gasteiger partial charge in [0.05, 0.1) is 0 Å². The molecule has 0 aliphatic carbocycles. The van der Waals surface area contributed by atoms with E-state index in [0.29, 0.717) is 0 Å². The highest BCUT2D eigenvalue weighted by molar-refractivity contribution is 5.66. The van der Waals surface area contributed by atoms with Gasteiger partial charge in [-0.2, -0.15) is 5.48 Å². The lowest BCUT2D eigenvalue weighted by Gasteiger charge is -2.06. The Bertz CT molecular complexity index is 93.0. The molecule has 2 N–H and O–H groups in total. The SMILES string of the molecule is CNOC(=O)NC(C)C. The molecule has 0 aromatic rings. The molecule has 9 heavy (non-hydrogen) atoms. The average Bonchev–Trinajstić information content (AvgIpc) is 1.63. The van der Waals surface area contributed by atoms with E-state index >= 15 is 0 Å². The van der Waals surface area contributed by atoms with Gasteiger partial charge in [0.15, 0.2) is 0 Å². The van der Waals surface area contributed by atoms with Crippen LogP contribution in [-0.2, 0) is 4.84 Å². The van der Waals surface area contributed by atoms with Crippen molar-refractivity contribution in [3.63, 3.8) is 0 Å². The number of rotatable bonds is 2. The third kappa shape index (κ3) is 5.10. The maximum Gasteiger partial charge on any atom is 0.426 e. The van der Waals surface area contributed by atoms with Crippen LogP contribution in [0, 0.1) is 0 Å². The van der Waals surface area contributed by atoms with Crippen LogP contribution < -0.4 is 10.8 Å². The molecule has 4 nitrogen and oxygen atoms in total. The lowest BCUT2D eigenvalue weighted by atomic mass is 10.4. The summed E-state index contributed by atoms with van der Waals surface area (Å²) >= 11 is 0. The third-order valence-electron chi connectivity index (χ3n) is 0.601. The maximum atomic E-state index is 10.5. The van der Waals surface area contributed by atoms with Gasteiger partial charge in [0.1, 0.15) is 0 Å². The van der Waals surface area contributed by atoms with Gasteiger partial charge in [-0.3, -0.25) is 0 Å². The van der Waals surface area contributed by atoms with Gasteiger partial charge in [-0.15, -0.1) is 0 Å². The zero-order valence-corrected chi connectivity index (χ0v) is 5.89.